The van der Waals surface area contributed by atoms with Crippen molar-refractivity contribution in [3.05, 3.63) is 33.4 Å². The third kappa shape index (κ3) is 8.24. The first-order chi connectivity index (χ1) is 16.7. The van der Waals surface area contributed by atoms with Crippen LogP contribution in [0.2, 0.25) is 0 Å². The number of pyridine rings is 1. The zero-order chi connectivity index (χ0) is 24.8. The molecule has 1 saturated carbocycles. The number of halogens is 3. The van der Waals surface area contributed by atoms with E-state index in [-0.39, 0.29) is 11.7 Å². The van der Waals surface area contributed by atoms with Gasteiger partial charge in [-0.1, -0.05) is 18.9 Å². The fourth-order valence-corrected chi connectivity index (χ4v) is 5.87. The number of hydrogen-bond donors (Lipinski definition) is 0. The lowest BCUT2D eigenvalue weighted by Crippen LogP contribution is -2.29. The van der Waals surface area contributed by atoms with Crippen molar-refractivity contribution in [1.82, 2.24) is 20.1 Å². The number of fused-ring (bicyclic) bond motifs is 1. The number of alkyl halides is 3. The summed E-state index contributed by atoms with van der Waals surface area (Å²) in [6.45, 7) is 3.41. The quantitative estimate of drug-likeness (QED) is 0.474. The van der Waals surface area contributed by atoms with Gasteiger partial charge in [0, 0.05) is 37.7 Å². The summed E-state index contributed by atoms with van der Waals surface area (Å²) in [6, 6.07) is 3.39. The molecule has 192 valence electrons. The van der Waals surface area contributed by atoms with Crippen LogP contribution in [-0.4, -0.2) is 58.3 Å². The molecule has 2 aliphatic rings. The second-order valence-electron chi connectivity index (χ2n) is 9.81. The van der Waals surface area contributed by atoms with Gasteiger partial charge in [0.25, 0.3) is 0 Å². The van der Waals surface area contributed by atoms with Gasteiger partial charge in [-0.15, -0.1) is 21.5 Å². The minimum Gasteiger partial charge on any atom is -0.468 e. The van der Waals surface area contributed by atoms with E-state index in [9.17, 15) is 18.0 Å². The number of carbonyl (C=O) groups excluding carboxylic acids is 1. The zero-order valence-electron chi connectivity index (χ0n) is 20.1. The lowest BCUT2D eigenvalue weighted by Gasteiger charge is -2.30. The van der Waals surface area contributed by atoms with Crippen molar-refractivity contribution in [3.63, 3.8) is 0 Å². The molecule has 1 fully saturated rings. The Kier molecular flexibility index (Phi) is 8.75. The third-order valence-corrected chi connectivity index (χ3v) is 7.88. The molecule has 0 radical (unpaired) electrons. The fraction of sp³-hybridized carbons (Fsp3) is 0.680. The van der Waals surface area contributed by atoms with Crippen LogP contribution >= 0.6 is 11.3 Å². The Balaban J connectivity index is 1.16. The SMILES string of the molecule is Cc1nnc(CC(=O)CC2CCC(CCN3CCc4ccc(OCC(F)(F)F)nc4CC3)CC2)s1. The first-order valence-electron chi connectivity index (χ1n) is 12.4. The molecule has 3 heterocycles. The summed E-state index contributed by atoms with van der Waals surface area (Å²) >= 11 is 1.50. The molecule has 0 N–H and O–H groups in total. The van der Waals surface area contributed by atoms with Crippen molar-refractivity contribution in [2.45, 2.75) is 70.9 Å². The molecule has 0 saturated heterocycles. The number of hydrogen-bond acceptors (Lipinski definition) is 7. The number of aromatic nitrogens is 3. The van der Waals surface area contributed by atoms with Gasteiger partial charge in [-0.05, 0) is 56.6 Å². The van der Waals surface area contributed by atoms with Gasteiger partial charge >= 0.3 is 6.18 Å². The van der Waals surface area contributed by atoms with Crippen LogP contribution in [0.15, 0.2) is 12.1 Å². The normalized spacial score (nSPS) is 21.4. The van der Waals surface area contributed by atoms with E-state index in [1.807, 2.05) is 13.0 Å². The van der Waals surface area contributed by atoms with Gasteiger partial charge in [0.15, 0.2) is 6.61 Å². The van der Waals surface area contributed by atoms with Gasteiger partial charge in [0.2, 0.25) is 5.88 Å². The van der Waals surface area contributed by atoms with Crippen LogP contribution in [0.3, 0.4) is 0 Å². The molecular weight excluding hydrogens is 477 g/mol. The van der Waals surface area contributed by atoms with E-state index in [1.165, 1.54) is 30.2 Å². The van der Waals surface area contributed by atoms with E-state index in [2.05, 4.69) is 20.1 Å². The molecular formula is C25H33F3N4O2S. The number of carbonyl (C=O) groups is 1. The highest BCUT2D eigenvalue weighted by Gasteiger charge is 2.29. The molecule has 0 amide bonds. The van der Waals surface area contributed by atoms with Crippen molar-refractivity contribution in [2.24, 2.45) is 11.8 Å². The Hall–Kier alpha value is -2.07. The van der Waals surface area contributed by atoms with E-state index < -0.39 is 12.8 Å². The van der Waals surface area contributed by atoms with Gasteiger partial charge in [-0.3, -0.25) is 4.79 Å². The maximum Gasteiger partial charge on any atom is 0.422 e. The molecule has 2 aromatic heterocycles. The second kappa shape index (κ2) is 11.8. The predicted octanol–water partition coefficient (Wildman–Crippen LogP) is 4.98. The van der Waals surface area contributed by atoms with Gasteiger partial charge in [-0.25, -0.2) is 4.98 Å². The summed E-state index contributed by atoms with van der Waals surface area (Å²) in [7, 11) is 0. The fourth-order valence-electron chi connectivity index (χ4n) is 5.13. The molecule has 6 nitrogen and oxygen atoms in total. The van der Waals surface area contributed by atoms with Gasteiger partial charge < -0.3 is 9.64 Å². The molecule has 0 bridgehead atoms. The molecule has 0 spiro atoms. The van der Waals surface area contributed by atoms with Crippen LogP contribution < -0.4 is 4.74 Å². The Morgan fingerprint density at radius 3 is 2.57 bits per heavy atom. The molecule has 0 atom stereocenters. The monoisotopic (exact) mass is 510 g/mol. The molecule has 1 aliphatic carbocycles. The number of ether oxygens (including phenoxy) is 1. The lowest BCUT2D eigenvalue weighted by atomic mass is 9.78. The Bertz CT molecular complexity index is 989. The minimum absolute atomic E-state index is 0.0446. The number of nitrogens with zero attached hydrogens (tertiary/aromatic N) is 4. The summed E-state index contributed by atoms with van der Waals surface area (Å²) < 4.78 is 42.1. The van der Waals surface area contributed by atoms with E-state index in [1.54, 1.807) is 0 Å². The average Bonchev–Trinajstić information content (AvgIpc) is 3.10. The number of ketones is 1. The van der Waals surface area contributed by atoms with Crippen molar-refractivity contribution in [1.29, 1.82) is 0 Å². The number of rotatable bonds is 9. The van der Waals surface area contributed by atoms with Crippen LogP contribution in [0.4, 0.5) is 13.2 Å². The summed E-state index contributed by atoms with van der Waals surface area (Å²) in [5.41, 5.74) is 1.95. The third-order valence-electron chi connectivity index (χ3n) is 7.04. The van der Waals surface area contributed by atoms with E-state index >= 15 is 0 Å². The molecule has 35 heavy (non-hydrogen) atoms. The molecule has 0 unspecified atom stereocenters. The first-order valence-corrected chi connectivity index (χ1v) is 13.3. The van der Waals surface area contributed by atoms with Crippen LogP contribution in [0.1, 0.15) is 59.8 Å². The topological polar surface area (TPSA) is 68.2 Å². The van der Waals surface area contributed by atoms with Crippen LogP contribution in [0.5, 0.6) is 5.88 Å². The zero-order valence-corrected chi connectivity index (χ0v) is 21.0. The maximum absolute atomic E-state index is 12.4. The van der Waals surface area contributed by atoms with Gasteiger partial charge in [-0.2, -0.15) is 13.2 Å². The largest absolute Gasteiger partial charge is 0.468 e. The van der Waals surface area contributed by atoms with Crippen molar-refractivity contribution in [2.75, 3.05) is 26.2 Å². The van der Waals surface area contributed by atoms with Crippen LogP contribution in [0.25, 0.3) is 0 Å². The first kappa shape index (κ1) is 26.0. The highest BCUT2D eigenvalue weighted by atomic mass is 32.1. The van der Waals surface area contributed by atoms with E-state index in [0.29, 0.717) is 24.7 Å². The Morgan fingerprint density at radius 1 is 1.11 bits per heavy atom. The van der Waals surface area contributed by atoms with Crippen molar-refractivity contribution >= 4 is 17.1 Å². The molecule has 0 aromatic carbocycles. The highest BCUT2D eigenvalue weighted by molar-refractivity contribution is 7.11. The standard InChI is InChI=1S/C25H33F3N4O2S/c1-17-30-31-24(35-17)15-21(33)14-19-4-2-18(3-5-19)8-11-32-12-9-20-6-7-23(29-22(20)10-13-32)34-16-25(26,27)28/h6-7,18-19H,2-5,8-16H2,1H3. The molecule has 1 aliphatic heterocycles. The maximum atomic E-state index is 12.4. The molecule has 10 heteroatoms. The van der Waals surface area contributed by atoms with Crippen LogP contribution in [0, 0.1) is 18.8 Å². The Morgan fingerprint density at radius 2 is 1.86 bits per heavy atom. The van der Waals surface area contributed by atoms with Crippen molar-refractivity contribution < 1.29 is 22.7 Å². The summed E-state index contributed by atoms with van der Waals surface area (Å²) in [5.74, 6) is 1.50. The van der Waals surface area contributed by atoms with Gasteiger partial charge in [0.05, 0.1) is 6.42 Å². The second-order valence-corrected chi connectivity index (χ2v) is 11.1. The molecule has 4 rings (SSSR count). The highest BCUT2D eigenvalue weighted by Crippen LogP contribution is 2.33. The minimum atomic E-state index is -4.36. The summed E-state index contributed by atoms with van der Waals surface area (Å²) in [4.78, 5) is 19.2. The van der Waals surface area contributed by atoms with Crippen LogP contribution in [-0.2, 0) is 24.1 Å². The number of Topliss-reactive ketones (excluding diaryl/α,β-unsaturated/α-hetero) is 1. The van der Waals surface area contributed by atoms with Gasteiger partial charge in [0.1, 0.15) is 15.8 Å². The average molecular weight is 511 g/mol. The van der Waals surface area contributed by atoms with Crippen molar-refractivity contribution in [3.8, 4) is 5.88 Å². The Labute approximate surface area is 208 Å². The van der Waals surface area contributed by atoms with E-state index in [0.717, 1.165) is 73.0 Å². The smallest absolute Gasteiger partial charge is 0.422 e. The lowest BCUT2D eigenvalue weighted by molar-refractivity contribution is -0.154. The van der Waals surface area contributed by atoms with E-state index in [4.69, 9.17) is 4.74 Å². The number of aryl methyl sites for hydroxylation is 1. The summed E-state index contributed by atoms with van der Waals surface area (Å²) in [5, 5.41) is 9.77. The summed E-state index contributed by atoms with van der Waals surface area (Å²) in [6.07, 6.45) is 3.99. The predicted molar refractivity (Wildman–Crippen MR) is 128 cm³/mol. The molecule has 2 aromatic rings.